The molecular weight excluding hydrogens is 224 g/mol. The number of benzene rings is 1. The van der Waals surface area contributed by atoms with Crippen molar-refractivity contribution in [3.8, 4) is 0 Å². The molecule has 0 aliphatic heterocycles. The van der Waals surface area contributed by atoms with Crippen LogP contribution in [0.3, 0.4) is 0 Å². The first-order valence-corrected chi connectivity index (χ1v) is 6.51. The maximum atomic E-state index is 5.47. The van der Waals surface area contributed by atoms with Crippen LogP contribution < -0.4 is 5.73 Å². The Morgan fingerprint density at radius 2 is 1.89 bits per heavy atom. The lowest BCUT2D eigenvalue weighted by molar-refractivity contribution is 0.589. The highest BCUT2D eigenvalue weighted by molar-refractivity contribution is 5.14. The predicted molar refractivity (Wildman–Crippen MR) is 72.2 cm³/mol. The zero-order valence-corrected chi connectivity index (χ0v) is 10.6. The summed E-state index contributed by atoms with van der Waals surface area (Å²) >= 11 is 0. The van der Waals surface area contributed by atoms with Crippen molar-refractivity contribution in [3.63, 3.8) is 0 Å². The topological polar surface area (TPSA) is 56.7 Å². The SMILES string of the molecule is NCCCCc1cn(CCc2ccccc2)nn1. The van der Waals surface area contributed by atoms with Crippen molar-refractivity contribution in [3.05, 3.63) is 47.8 Å². The summed E-state index contributed by atoms with van der Waals surface area (Å²) in [5, 5.41) is 8.32. The fraction of sp³-hybridized carbons (Fsp3) is 0.429. The fourth-order valence-electron chi connectivity index (χ4n) is 1.90. The Hall–Kier alpha value is -1.68. The van der Waals surface area contributed by atoms with Gasteiger partial charge in [-0.2, -0.15) is 0 Å². The molecule has 1 heterocycles. The van der Waals surface area contributed by atoms with Crippen LogP contribution in [0.25, 0.3) is 0 Å². The highest BCUT2D eigenvalue weighted by atomic mass is 15.4. The predicted octanol–water partition coefficient (Wildman–Crippen LogP) is 1.80. The van der Waals surface area contributed by atoms with E-state index < -0.39 is 0 Å². The van der Waals surface area contributed by atoms with Crippen LogP contribution in [0, 0.1) is 0 Å². The number of nitrogens with zero attached hydrogens (tertiary/aromatic N) is 3. The van der Waals surface area contributed by atoms with Crippen LogP contribution in [-0.2, 0) is 19.4 Å². The summed E-state index contributed by atoms with van der Waals surface area (Å²) in [6.07, 6.45) is 6.15. The van der Waals surface area contributed by atoms with E-state index in [0.29, 0.717) is 0 Å². The molecule has 0 aliphatic rings. The Morgan fingerprint density at radius 1 is 1.06 bits per heavy atom. The summed E-state index contributed by atoms with van der Waals surface area (Å²) < 4.78 is 1.92. The van der Waals surface area contributed by atoms with Gasteiger partial charge < -0.3 is 5.73 Å². The van der Waals surface area contributed by atoms with Crippen molar-refractivity contribution in [2.75, 3.05) is 6.54 Å². The minimum absolute atomic E-state index is 0.752. The van der Waals surface area contributed by atoms with E-state index in [4.69, 9.17) is 5.73 Å². The molecule has 1 aromatic carbocycles. The van der Waals surface area contributed by atoms with E-state index in [0.717, 1.165) is 44.5 Å². The molecule has 0 fully saturated rings. The van der Waals surface area contributed by atoms with Crippen molar-refractivity contribution in [1.82, 2.24) is 15.0 Å². The highest BCUT2D eigenvalue weighted by Crippen LogP contribution is 2.03. The first-order chi connectivity index (χ1) is 8.88. The van der Waals surface area contributed by atoms with Gasteiger partial charge in [-0.1, -0.05) is 35.5 Å². The third kappa shape index (κ3) is 3.96. The smallest absolute Gasteiger partial charge is 0.0827 e. The second kappa shape index (κ2) is 6.91. The van der Waals surface area contributed by atoms with Gasteiger partial charge in [0.25, 0.3) is 0 Å². The van der Waals surface area contributed by atoms with E-state index in [-0.39, 0.29) is 0 Å². The van der Waals surface area contributed by atoms with Crippen LogP contribution in [0.1, 0.15) is 24.1 Å². The van der Waals surface area contributed by atoms with E-state index in [1.54, 1.807) is 0 Å². The van der Waals surface area contributed by atoms with Crippen molar-refractivity contribution in [2.45, 2.75) is 32.2 Å². The molecule has 0 atom stereocenters. The number of rotatable bonds is 7. The number of nitrogens with two attached hydrogens (primary N) is 1. The van der Waals surface area contributed by atoms with Gasteiger partial charge >= 0.3 is 0 Å². The van der Waals surface area contributed by atoms with E-state index in [2.05, 4.69) is 34.6 Å². The Kier molecular flexibility index (Phi) is 4.90. The standard InChI is InChI=1S/C14H20N4/c15-10-5-4-8-14-12-18(17-16-14)11-9-13-6-2-1-3-7-13/h1-3,6-7,12H,4-5,8-11,15H2. The van der Waals surface area contributed by atoms with Crippen LogP contribution in [-0.4, -0.2) is 21.5 Å². The Morgan fingerprint density at radius 3 is 2.67 bits per heavy atom. The fourth-order valence-corrected chi connectivity index (χ4v) is 1.90. The van der Waals surface area contributed by atoms with Crippen molar-refractivity contribution in [2.24, 2.45) is 5.73 Å². The zero-order valence-electron chi connectivity index (χ0n) is 10.6. The number of hydrogen-bond donors (Lipinski definition) is 1. The zero-order chi connectivity index (χ0) is 12.6. The third-order valence-electron chi connectivity index (χ3n) is 2.95. The lowest BCUT2D eigenvalue weighted by Gasteiger charge is -2.00. The van der Waals surface area contributed by atoms with Crippen LogP contribution in [0.2, 0.25) is 0 Å². The Bertz CT molecular complexity index is 450. The second-order valence-corrected chi connectivity index (χ2v) is 4.45. The van der Waals surface area contributed by atoms with Gasteiger partial charge in [-0.05, 0) is 37.8 Å². The first kappa shape index (κ1) is 12.8. The monoisotopic (exact) mass is 244 g/mol. The van der Waals surface area contributed by atoms with Crippen LogP contribution >= 0.6 is 0 Å². The molecule has 18 heavy (non-hydrogen) atoms. The van der Waals surface area contributed by atoms with Gasteiger partial charge in [0, 0.05) is 12.7 Å². The van der Waals surface area contributed by atoms with Crippen molar-refractivity contribution >= 4 is 0 Å². The van der Waals surface area contributed by atoms with Gasteiger partial charge in [0.1, 0.15) is 0 Å². The molecule has 4 nitrogen and oxygen atoms in total. The summed E-state index contributed by atoms with van der Waals surface area (Å²) in [6.45, 7) is 1.63. The minimum Gasteiger partial charge on any atom is -0.330 e. The summed E-state index contributed by atoms with van der Waals surface area (Å²) in [6, 6.07) is 10.4. The summed E-state index contributed by atoms with van der Waals surface area (Å²) in [5.41, 5.74) is 7.87. The number of hydrogen-bond acceptors (Lipinski definition) is 3. The molecule has 0 aliphatic carbocycles. The highest BCUT2D eigenvalue weighted by Gasteiger charge is 2.00. The van der Waals surface area contributed by atoms with E-state index in [9.17, 15) is 0 Å². The van der Waals surface area contributed by atoms with E-state index >= 15 is 0 Å². The summed E-state index contributed by atoms with van der Waals surface area (Å²) in [7, 11) is 0. The lowest BCUT2D eigenvalue weighted by atomic mass is 10.1. The number of aromatic nitrogens is 3. The molecule has 1 aromatic heterocycles. The molecule has 0 saturated heterocycles. The molecule has 2 rings (SSSR count). The molecule has 0 radical (unpaired) electrons. The maximum Gasteiger partial charge on any atom is 0.0827 e. The Labute approximate surface area is 108 Å². The van der Waals surface area contributed by atoms with Gasteiger partial charge in [-0.25, -0.2) is 0 Å². The van der Waals surface area contributed by atoms with Gasteiger partial charge in [-0.15, -0.1) is 5.10 Å². The van der Waals surface area contributed by atoms with Crippen LogP contribution in [0.15, 0.2) is 36.5 Å². The molecule has 0 saturated carbocycles. The molecule has 0 amide bonds. The maximum absolute atomic E-state index is 5.47. The molecule has 2 aromatic rings. The van der Waals surface area contributed by atoms with Gasteiger partial charge in [0.05, 0.1) is 5.69 Å². The summed E-state index contributed by atoms with van der Waals surface area (Å²) in [5.74, 6) is 0. The molecule has 96 valence electrons. The van der Waals surface area contributed by atoms with Gasteiger partial charge in [0.2, 0.25) is 0 Å². The largest absolute Gasteiger partial charge is 0.330 e. The van der Waals surface area contributed by atoms with Crippen molar-refractivity contribution in [1.29, 1.82) is 0 Å². The van der Waals surface area contributed by atoms with E-state index in [1.807, 2.05) is 16.9 Å². The lowest BCUT2D eigenvalue weighted by Crippen LogP contribution is -2.01. The molecule has 0 bridgehead atoms. The number of aryl methyl sites for hydroxylation is 3. The van der Waals surface area contributed by atoms with Gasteiger partial charge in [0.15, 0.2) is 0 Å². The van der Waals surface area contributed by atoms with Crippen molar-refractivity contribution < 1.29 is 0 Å². The summed E-state index contributed by atoms with van der Waals surface area (Å²) in [4.78, 5) is 0. The minimum atomic E-state index is 0.752. The quantitative estimate of drug-likeness (QED) is 0.756. The average molecular weight is 244 g/mol. The average Bonchev–Trinajstić information content (AvgIpc) is 2.86. The molecule has 4 heteroatoms. The van der Waals surface area contributed by atoms with Crippen LogP contribution in [0.5, 0.6) is 0 Å². The van der Waals surface area contributed by atoms with Crippen LogP contribution in [0.4, 0.5) is 0 Å². The second-order valence-electron chi connectivity index (χ2n) is 4.45. The molecule has 2 N–H and O–H groups in total. The first-order valence-electron chi connectivity index (χ1n) is 6.51. The molecule has 0 unspecified atom stereocenters. The number of unbranched alkanes of at least 4 members (excludes halogenated alkanes) is 1. The van der Waals surface area contributed by atoms with Gasteiger partial charge in [-0.3, -0.25) is 4.68 Å². The van der Waals surface area contributed by atoms with E-state index in [1.165, 1.54) is 5.56 Å². The Balaban J connectivity index is 1.80. The molecule has 0 spiro atoms. The third-order valence-corrected chi connectivity index (χ3v) is 2.95. The molecular formula is C14H20N4. The normalized spacial score (nSPS) is 10.7.